The number of cyclic esters (lactones) is 1. The maximum atomic E-state index is 14.1. The largest absolute Gasteiger partial charge is 0.459 e. The average molecular weight is 1160 g/mol. The number of hydroxylamine groups is 1. The molecule has 21 heteroatoms. The molecule has 0 saturated carbocycles. The molecule has 0 unspecified atom stereocenters. The number of likely N-dealkylation sites (N-methyl/N-ethyl adjacent to an activating group) is 1. The van der Waals surface area contributed by atoms with E-state index >= 15 is 0 Å². The summed E-state index contributed by atoms with van der Waals surface area (Å²) in [6, 6.07) is 12.5. The SMILES string of the molecule is CCCC[C@H](CC(=O)NO)C(=O)N[C@@H](CC(C)C)C(=O)Nc1ccc2ccccc2c1.CC[C@H]1OC(=O)[C@H](C)[C@@H](O[C@H]2C[C@@](C)(OC)[C@@H](O)[C@H](C)O2)[C@H](C)[C@@H](O[C@@H]2O[C@H](C)C[C@H](N(C)C)[C@H]2O)[C@](C)(O)C[C@@H](C)C(=O)[C@H](C)[C@@H](O)[C@]1(C)O. The number of nitrogens with one attached hydrogen (secondary N) is 3. The molecule has 3 aliphatic heterocycles. The van der Waals surface area contributed by atoms with E-state index in [1.54, 1.807) is 47.0 Å². The van der Waals surface area contributed by atoms with Crippen LogP contribution in [0.3, 0.4) is 0 Å². The summed E-state index contributed by atoms with van der Waals surface area (Å²) in [7, 11) is 5.18. The average Bonchev–Trinajstić information content (AvgIpc) is 3.57. The summed E-state index contributed by atoms with van der Waals surface area (Å²) in [5, 5.41) is 74.3. The first kappa shape index (κ1) is 70.3. The quantitative estimate of drug-likeness (QED) is 0.0484. The normalized spacial score (nSPS) is 35.8. The van der Waals surface area contributed by atoms with E-state index in [-0.39, 0.29) is 55.6 Å². The van der Waals surface area contributed by atoms with Gasteiger partial charge in [-0.25, -0.2) is 5.48 Å². The number of fused-ring (bicyclic) bond motifs is 1. The van der Waals surface area contributed by atoms with E-state index < -0.39 is 125 Å². The number of hydrogen-bond acceptors (Lipinski definition) is 18. The lowest BCUT2D eigenvalue weighted by molar-refractivity contribution is -0.318. The molecule has 0 spiro atoms. The molecule has 0 radical (unpaired) electrons. The van der Waals surface area contributed by atoms with Crippen LogP contribution in [0, 0.1) is 35.5 Å². The lowest BCUT2D eigenvalue weighted by Gasteiger charge is -2.49. The second-order valence-electron chi connectivity index (χ2n) is 24.8. The number of unbranched alkanes of at least 4 members (excludes halogenated alkanes) is 1. The molecule has 2 aromatic carbocycles. The highest BCUT2D eigenvalue weighted by atomic mass is 16.7. The molecule has 0 aromatic heterocycles. The van der Waals surface area contributed by atoms with Gasteiger partial charge in [0, 0.05) is 55.4 Å². The van der Waals surface area contributed by atoms with E-state index in [0.29, 0.717) is 24.9 Å². The van der Waals surface area contributed by atoms with Crippen molar-refractivity contribution in [2.24, 2.45) is 35.5 Å². The number of aliphatic hydroxyl groups excluding tert-OH is 3. The fraction of sp³-hybridized carbons (Fsp3) is 0.754. The van der Waals surface area contributed by atoms with Gasteiger partial charge in [-0.2, -0.15) is 0 Å². The number of esters is 1. The Kier molecular flexibility index (Phi) is 26.3. The van der Waals surface area contributed by atoms with Gasteiger partial charge in [-0.15, -0.1) is 0 Å². The Morgan fingerprint density at radius 2 is 1.50 bits per heavy atom. The van der Waals surface area contributed by atoms with Crippen molar-refractivity contribution in [3.63, 3.8) is 0 Å². The predicted molar refractivity (Wildman–Crippen MR) is 308 cm³/mol. The minimum absolute atomic E-state index is 0.0936. The molecule has 21 nitrogen and oxygen atoms in total. The fourth-order valence-corrected chi connectivity index (χ4v) is 11.9. The van der Waals surface area contributed by atoms with Crippen LogP contribution >= 0.6 is 0 Å². The Morgan fingerprint density at radius 1 is 0.854 bits per heavy atom. The molecule has 3 aliphatic rings. The van der Waals surface area contributed by atoms with E-state index in [9.17, 15) is 49.5 Å². The van der Waals surface area contributed by atoms with Gasteiger partial charge in [-0.3, -0.25) is 29.2 Å². The second kappa shape index (κ2) is 30.7. The van der Waals surface area contributed by atoms with Crippen LogP contribution in [0.2, 0.25) is 0 Å². The van der Waals surface area contributed by atoms with Gasteiger partial charge in [-0.1, -0.05) is 91.6 Å². The number of carbonyl (C=O) groups excluding carboxylic acids is 5. The monoisotopic (exact) mass is 1160 g/mol. The Balaban J connectivity index is 0.000000397. The Bertz CT molecular complexity index is 2390. The number of Topliss-reactive ketones (excluding diaryl/α,β-unsaturated/α-hetero) is 1. The van der Waals surface area contributed by atoms with Crippen LogP contribution in [0.15, 0.2) is 42.5 Å². The number of anilines is 1. The molecule has 3 fully saturated rings. The molecule has 82 heavy (non-hydrogen) atoms. The number of aliphatic hydroxyl groups is 5. The van der Waals surface area contributed by atoms with Crippen molar-refractivity contribution >= 4 is 45.9 Å². The van der Waals surface area contributed by atoms with Crippen LogP contribution in [-0.4, -0.2) is 177 Å². The maximum Gasteiger partial charge on any atom is 0.311 e. The fourth-order valence-electron chi connectivity index (χ4n) is 11.9. The number of carbonyl (C=O) groups is 5. The number of ether oxygens (including phenoxy) is 6. The van der Waals surface area contributed by atoms with Crippen molar-refractivity contribution in [2.75, 3.05) is 26.5 Å². The van der Waals surface area contributed by atoms with Gasteiger partial charge in [0.05, 0.1) is 47.6 Å². The second-order valence-corrected chi connectivity index (χ2v) is 24.8. The van der Waals surface area contributed by atoms with Crippen molar-refractivity contribution in [3.05, 3.63) is 42.5 Å². The zero-order valence-electron chi connectivity index (χ0n) is 51.4. The number of benzene rings is 2. The summed E-state index contributed by atoms with van der Waals surface area (Å²) in [4.78, 5) is 67.2. The zero-order chi connectivity index (χ0) is 61.8. The molecule has 466 valence electrons. The lowest BCUT2D eigenvalue weighted by atomic mass is 9.74. The summed E-state index contributed by atoms with van der Waals surface area (Å²) < 4.78 is 37.1. The topological polar surface area (TPSA) is 301 Å². The first-order valence-electron chi connectivity index (χ1n) is 29.4. The Morgan fingerprint density at radius 3 is 2.09 bits per heavy atom. The number of hydrogen-bond donors (Lipinski definition) is 9. The van der Waals surface area contributed by atoms with Gasteiger partial charge < -0.3 is 69.5 Å². The minimum Gasteiger partial charge on any atom is -0.459 e. The first-order valence-corrected chi connectivity index (χ1v) is 29.4. The molecule has 5 rings (SSSR count). The molecule has 3 heterocycles. The van der Waals surface area contributed by atoms with E-state index in [1.807, 2.05) is 89.2 Å². The van der Waals surface area contributed by atoms with Crippen LogP contribution in [0.1, 0.15) is 148 Å². The van der Waals surface area contributed by atoms with Crippen LogP contribution in [0.25, 0.3) is 10.8 Å². The Hall–Kier alpha value is -4.23. The number of rotatable bonds is 18. The molecule has 9 N–H and O–H groups in total. The van der Waals surface area contributed by atoms with E-state index in [4.69, 9.17) is 33.6 Å². The molecule has 0 bridgehead atoms. The van der Waals surface area contributed by atoms with Gasteiger partial charge in [0.1, 0.15) is 35.7 Å². The van der Waals surface area contributed by atoms with Crippen LogP contribution in [0.4, 0.5) is 5.69 Å². The highest BCUT2D eigenvalue weighted by molar-refractivity contribution is 5.99. The van der Waals surface area contributed by atoms with Crippen molar-refractivity contribution in [1.82, 2.24) is 15.7 Å². The minimum atomic E-state index is -1.99. The third kappa shape index (κ3) is 18.1. The number of ketones is 1. The van der Waals surface area contributed by atoms with Gasteiger partial charge in [-0.05, 0) is 117 Å². The van der Waals surface area contributed by atoms with E-state index in [1.165, 1.54) is 27.9 Å². The van der Waals surface area contributed by atoms with Crippen LogP contribution in [0.5, 0.6) is 0 Å². The third-order valence-electron chi connectivity index (χ3n) is 17.0. The highest BCUT2D eigenvalue weighted by Gasteiger charge is 2.53. The van der Waals surface area contributed by atoms with Crippen molar-refractivity contribution in [2.45, 2.75) is 238 Å². The van der Waals surface area contributed by atoms with Gasteiger partial charge in [0.25, 0.3) is 0 Å². The Labute approximate surface area is 485 Å². The molecular formula is C61H100N4O17. The molecule has 3 amide bonds. The standard InChI is InChI=1S/C37H67NO13.C24H33N3O4/c1-14-25-37(10,45)30(41)20(4)27(39)18(2)16-35(8,44)32(51-34-28(40)24(38(11)12)15-19(3)47-34)21(5)29(22(6)33(43)49-25)50-26-17-36(9,46-13)31(42)23(7)48-26;1-4-5-8-19(15-22(28)27-31)23(29)26-21(13-16(2)3)24(30)25-20-12-11-17-9-6-7-10-18(17)14-20/h18-26,28-32,34,40-42,44-45H,14-17H2,1-13H3;6-7,9-12,14,16,19,21,31H,4-5,8,13,15H2,1-3H3,(H,25,30)(H,26,29)(H,27,28)/t18-,19-,20+,21+,22-,23+,24+,25-,26+,28-,29+,30-,31+,32-,34+,35-,36-,37-;19-,21+/m11/s1. The maximum absolute atomic E-state index is 14.1. The summed E-state index contributed by atoms with van der Waals surface area (Å²) in [5.74, 6) is -6.65. The molecule has 3 saturated heterocycles. The van der Waals surface area contributed by atoms with E-state index in [2.05, 4.69) is 10.6 Å². The zero-order valence-corrected chi connectivity index (χ0v) is 51.4. The van der Waals surface area contributed by atoms with Crippen LogP contribution < -0.4 is 16.1 Å². The summed E-state index contributed by atoms with van der Waals surface area (Å²) in [6.07, 6.45) is -7.20. The smallest absolute Gasteiger partial charge is 0.311 e. The van der Waals surface area contributed by atoms with Gasteiger partial charge in [0.15, 0.2) is 12.6 Å². The number of nitrogens with zero attached hydrogens (tertiary/aromatic N) is 1. The molecule has 2 aromatic rings. The molecular weight excluding hydrogens is 1060 g/mol. The summed E-state index contributed by atoms with van der Waals surface area (Å²) in [6.45, 7) is 22.3. The van der Waals surface area contributed by atoms with Crippen LogP contribution in [-0.2, 0) is 52.4 Å². The van der Waals surface area contributed by atoms with Crippen molar-refractivity contribution < 1.29 is 83.1 Å². The van der Waals surface area contributed by atoms with Crippen molar-refractivity contribution in [1.29, 1.82) is 0 Å². The predicted octanol–water partition coefficient (Wildman–Crippen LogP) is 5.80. The molecule has 20 atom stereocenters. The summed E-state index contributed by atoms with van der Waals surface area (Å²) in [5.41, 5.74) is -2.59. The van der Waals surface area contributed by atoms with Crippen molar-refractivity contribution in [3.8, 4) is 0 Å². The van der Waals surface area contributed by atoms with E-state index in [0.717, 1.165) is 23.6 Å². The van der Waals surface area contributed by atoms with Gasteiger partial charge >= 0.3 is 5.97 Å². The van der Waals surface area contributed by atoms with Gasteiger partial charge in [0.2, 0.25) is 17.7 Å². The molecule has 0 aliphatic carbocycles. The highest BCUT2D eigenvalue weighted by Crippen LogP contribution is 2.41. The number of amides is 3. The third-order valence-corrected chi connectivity index (χ3v) is 17.0. The summed E-state index contributed by atoms with van der Waals surface area (Å²) >= 11 is 0. The first-order chi connectivity index (χ1) is 38.3. The number of methoxy groups -OCH3 is 1. The lowest BCUT2D eigenvalue weighted by Crippen LogP contribution is -2.61.